The van der Waals surface area contributed by atoms with Crippen LogP contribution in [-0.2, 0) is 64.3 Å². The summed E-state index contributed by atoms with van der Waals surface area (Å²) in [7, 11) is 1.86. The van der Waals surface area contributed by atoms with Crippen molar-refractivity contribution in [3.05, 3.63) is 35.1 Å². The molecule has 52 heavy (non-hydrogen) atoms. The molecule has 5 rings (SSSR count). The molecule has 2 aliphatic heterocycles. The van der Waals surface area contributed by atoms with Crippen LogP contribution < -0.4 is 4.74 Å². The summed E-state index contributed by atoms with van der Waals surface area (Å²) in [5.74, 6) is -12.2. The molecule has 2 aliphatic carbocycles. The number of rotatable bonds is 14. The largest absolute Gasteiger partial charge is 0.504 e. The van der Waals surface area contributed by atoms with Crippen molar-refractivity contribution in [2.45, 2.75) is 92.7 Å². The molecule has 20 nitrogen and oxygen atoms in total. The van der Waals surface area contributed by atoms with E-state index in [0.29, 0.717) is 24.9 Å². The van der Waals surface area contributed by atoms with Gasteiger partial charge in [-0.3, -0.25) is 9.59 Å². The third-order valence-corrected chi connectivity index (χ3v) is 9.77. The molecule has 2 heterocycles. The van der Waals surface area contributed by atoms with Crippen molar-refractivity contribution in [3.8, 4) is 11.5 Å². The summed E-state index contributed by atoms with van der Waals surface area (Å²) < 4.78 is 26.0. The summed E-state index contributed by atoms with van der Waals surface area (Å²) in [6.07, 6.45) is -13.5. The zero-order chi connectivity index (χ0) is 38.4. The van der Waals surface area contributed by atoms with E-state index in [0.717, 1.165) is 12.5 Å². The minimum absolute atomic E-state index is 0.0302. The number of aromatic hydroxyl groups is 1. The van der Waals surface area contributed by atoms with Gasteiger partial charge in [0.2, 0.25) is 12.2 Å². The summed E-state index contributed by atoms with van der Waals surface area (Å²) in [6.45, 7) is 1.37. The number of hydrogen-bond donors (Lipinski definition) is 7. The predicted octanol–water partition coefficient (Wildman–Crippen LogP) is -2.28. The Bertz CT molecular complexity index is 1740. The molecule has 1 aromatic carbocycles. The number of nitrogens with zero attached hydrogens (tertiary/aromatic N) is 1. The number of ether oxygens (including phenoxy) is 5. The fourth-order valence-electron chi connectivity index (χ4n) is 7.28. The Morgan fingerprint density at radius 3 is 2.23 bits per heavy atom. The Morgan fingerprint density at radius 1 is 0.923 bits per heavy atom. The molecule has 1 fully saturated rings. The van der Waals surface area contributed by atoms with E-state index < -0.39 is 102 Å². The molecule has 0 radical (unpaired) electrons. The van der Waals surface area contributed by atoms with Crippen molar-refractivity contribution >= 4 is 41.8 Å². The number of esters is 4. The summed E-state index contributed by atoms with van der Waals surface area (Å²) in [5, 5.41) is 69.4. The van der Waals surface area contributed by atoms with Crippen molar-refractivity contribution in [1.29, 1.82) is 0 Å². The predicted molar refractivity (Wildman–Crippen MR) is 162 cm³/mol. The van der Waals surface area contributed by atoms with Crippen molar-refractivity contribution in [2.75, 3.05) is 13.6 Å². The first-order valence-corrected chi connectivity index (χ1v) is 15.8. The number of aliphatic hydroxyl groups excluding tert-OH is 2. The van der Waals surface area contributed by atoms with Gasteiger partial charge in [-0.1, -0.05) is 6.07 Å². The molecule has 7 N–H and O–H groups in total. The molecular weight excluding hydrogens is 702 g/mol. The molecule has 0 saturated carbocycles. The summed E-state index contributed by atoms with van der Waals surface area (Å²) in [4.78, 5) is 86.8. The fourth-order valence-corrected chi connectivity index (χ4v) is 7.28. The van der Waals surface area contributed by atoms with Crippen LogP contribution in [0.3, 0.4) is 0 Å². The summed E-state index contributed by atoms with van der Waals surface area (Å²) >= 11 is 0. The van der Waals surface area contributed by atoms with Gasteiger partial charge in [-0.25, -0.2) is 24.0 Å². The highest BCUT2D eigenvalue weighted by Crippen LogP contribution is 2.65. The van der Waals surface area contributed by atoms with Crippen LogP contribution in [0.2, 0.25) is 0 Å². The number of benzene rings is 1. The van der Waals surface area contributed by atoms with E-state index >= 15 is 0 Å². The number of hydrogen-bond acceptors (Lipinski definition) is 17. The summed E-state index contributed by atoms with van der Waals surface area (Å²) in [6, 6.07) is 2.80. The van der Waals surface area contributed by atoms with Crippen LogP contribution in [0.1, 0.15) is 43.7 Å². The molecule has 20 heteroatoms. The van der Waals surface area contributed by atoms with Gasteiger partial charge in [-0.15, -0.1) is 0 Å². The van der Waals surface area contributed by atoms with Gasteiger partial charge in [0.1, 0.15) is 5.76 Å². The molecule has 0 amide bonds. The third kappa shape index (κ3) is 6.49. The highest BCUT2D eigenvalue weighted by Gasteiger charge is 2.72. The van der Waals surface area contributed by atoms with Gasteiger partial charge >= 0.3 is 41.8 Å². The van der Waals surface area contributed by atoms with E-state index in [9.17, 15) is 54.0 Å². The molecule has 282 valence electrons. The molecule has 0 aromatic heterocycles. The number of carbonyl (C=O) groups is 7. The van der Waals surface area contributed by atoms with Crippen molar-refractivity contribution in [2.24, 2.45) is 0 Å². The number of piperidine rings is 1. The summed E-state index contributed by atoms with van der Waals surface area (Å²) in [5.41, 5.74) is -1.22. The molecule has 9 atom stereocenters. The average Bonchev–Trinajstić information content (AvgIpc) is 3.43. The number of likely N-dealkylation sites (tertiary alicyclic amines) is 1. The normalized spacial score (nSPS) is 26.8. The van der Waals surface area contributed by atoms with Crippen LogP contribution in [0.25, 0.3) is 0 Å². The average molecular weight is 738 g/mol. The number of aliphatic hydroxyl groups is 3. The second-order valence-electron chi connectivity index (χ2n) is 12.9. The standard InChI is InChI=1S/C32H35NO19/c1-12(28(44)50-16(26(40)41)10-19(35)36)48-29(45)17(51-30(46)23(39)22(38)27(42)43)11-20(37)49-15-5-6-32(47)18-9-13-3-4-14(34)24-21(13)31(32,25(15)52-24)7-8-33(18)2/h3-5,12,16-18,22-23,25,34,38-39,47H,6-11H2,1-2H3,(H,35,36)(H,40,41)(H,42,43)/t12-,16-,17-,18-,22+,23+,25-,31-,32+/m0/s1. The molecule has 1 aromatic rings. The Balaban J connectivity index is 1.37. The topological polar surface area (TPSA) is 310 Å². The van der Waals surface area contributed by atoms with Gasteiger partial charge in [-0.2, -0.15) is 0 Å². The lowest BCUT2D eigenvalue weighted by atomic mass is 9.50. The van der Waals surface area contributed by atoms with Gasteiger partial charge < -0.3 is 64.3 Å². The Labute approximate surface area is 292 Å². The fraction of sp³-hybridized carbons (Fsp3) is 0.531. The monoisotopic (exact) mass is 737 g/mol. The molecule has 1 saturated heterocycles. The Morgan fingerprint density at radius 2 is 1.60 bits per heavy atom. The zero-order valence-corrected chi connectivity index (χ0v) is 27.5. The first kappa shape index (κ1) is 37.9. The maximum absolute atomic E-state index is 13.4. The zero-order valence-electron chi connectivity index (χ0n) is 27.5. The van der Waals surface area contributed by atoms with Crippen molar-refractivity contribution in [1.82, 2.24) is 4.90 Å². The first-order valence-electron chi connectivity index (χ1n) is 15.8. The van der Waals surface area contributed by atoms with Gasteiger partial charge in [0.25, 0.3) is 0 Å². The van der Waals surface area contributed by atoms with Crippen LogP contribution in [0.15, 0.2) is 24.0 Å². The lowest BCUT2D eigenvalue weighted by Gasteiger charge is -2.61. The molecule has 4 aliphatic rings. The lowest BCUT2D eigenvalue weighted by Crippen LogP contribution is -2.74. The quantitative estimate of drug-likeness (QED) is 0.0781. The van der Waals surface area contributed by atoms with Crippen LogP contribution in [0.4, 0.5) is 0 Å². The second-order valence-corrected chi connectivity index (χ2v) is 12.9. The lowest BCUT2D eigenvalue weighted by molar-refractivity contribution is -0.189. The number of carbonyl (C=O) groups excluding carboxylic acids is 4. The SMILES string of the molecule is C[C@H](OC(=O)[C@H](CC(=O)OC1=CC[C@@]2(O)[C@@H]3Cc4ccc(O)c5c4[C@@]2(CCN3C)[C@H]1O5)OC(=O)[C@H](O)[C@@H](O)C(=O)O)C(=O)O[C@@H](CC(=O)O)C(=O)O. The third-order valence-electron chi connectivity index (χ3n) is 9.77. The van der Waals surface area contributed by atoms with Gasteiger partial charge in [0.15, 0.2) is 35.9 Å². The number of aliphatic carboxylic acids is 3. The molecular formula is C32H35NO19. The maximum Gasteiger partial charge on any atom is 0.348 e. The highest BCUT2D eigenvalue weighted by molar-refractivity contribution is 5.90. The Kier molecular flexibility index (Phi) is 10.2. The number of phenolic OH excluding ortho intramolecular Hbond substituents is 1. The van der Waals surface area contributed by atoms with Crippen molar-refractivity contribution in [3.63, 3.8) is 0 Å². The number of carboxylic acids is 3. The molecule has 1 spiro atoms. The molecule has 2 bridgehead atoms. The number of carboxylic acid groups (broad SMARTS) is 3. The van der Waals surface area contributed by atoms with Crippen LogP contribution in [0.5, 0.6) is 11.5 Å². The van der Waals surface area contributed by atoms with Gasteiger partial charge in [0, 0.05) is 18.0 Å². The van der Waals surface area contributed by atoms with E-state index in [2.05, 4.69) is 4.74 Å². The van der Waals surface area contributed by atoms with E-state index in [1.165, 1.54) is 12.1 Å². The molecule has 0 unspecified atom stereocenters. The second kappa shape index (κ2) is 14.0. The maximum atomic E-state index is 13.4. The highest BCUT2D eigenvalue weighted by atomic mass is 16.6. The van der Waals surface area contributed by atoms with E-state index in [4.69, 9.17) is 34.3 Å². The number of phenols is 1. The van der Waals surface area contributed by atoms with Gasteiger partial charge in [0.05, 0.1) is 23.9 Å². The van der Waals surface area contributed by atoms with E-state index in [1.807, 2.05) is 11.9 Å². The minimum Gasteiger partial charge on any atom is -0.504 e. The van der Waals surface area contributed by atoms with E-state index in [-0.39, 0.29) is 29.7 Å². The minimum atomic E-state index is -2.77. The first-order chi connectivity index (χ1) is 24.3. The van der Waals surface area contributed by atoms with Crippen LogP contribution in [0, 0.1) is 0 Å². The van der Waals surface area contributed by atoms with Crippen LogP contribution >= 0.6 is 0 Å². The Hall–Kier alpha value is -5.31. The smallest absolute Gasteiger partial charge is 0.348 e. The van der Waals surface area contributed by atoms with E-state index in [1.54, 1.807) is 6.07 Å². The van der Waals surface area contributed by atoms with Crippen LogP contribution in [-0.4, -0.2) is 144 Å². The number of likely N-dealkylation sites (N-methyl/N-ethyl adjacent to an activating group) is 1. The van der Waals surface area contributed by atoms with Gasteiger partial charge in [-0.05, 0) is 51.1 Å². The van der Waals surface area contributed by atoms with Crippen molar-refractivity contribution < 1.29 is 93.0 Å².